The largest absolute Gasteiger partial charge is 0.399 e. The van der Waals surface area contributed by atoms with E-state index in [1.165, 1.54) is 43.2 Å². The van der Waals surface area contributed by atoms with Gasteiger partial charge in [0.1, 0.15) is 0 Å². The van der Waals surface area contributed by atoms with Crippen LogP contribution in [-0.4, -0.2) is 0 Å². The lowest BCUT2D eigenvalue weighted by Crippen LogP contribution is -1.88. The van der Waals surface area contributed by atoms with Crippen LogP contribution in [0.3, 0.4) is 0 Å². The summed E-state index contributed by atoms with van der Waals surface area (Å²) in [7, 11) is 0. The Bertz CT molecular complexity index is 463. The molecule has 0 aliphatic carbocycles. The van der Waals surface area contributed by atoms with Gasteiger partial charge in [-0.1, -0.05) is 88.1 Å². The second kappa shape index (κ2) is 17.6. The molecule has 0 radical (unpaired) electrons. The van der Waals surface area contributed by atoms with E-state index in [-0.39, 0.29) is 0 Å². The summed E-state index contributed by atoms with van der Waals surface area (Å²) in [6.45, 7) is 16.1. The maximum absolute atomic E-state index is 5.60. The van der Waals surface area contributed by atoms with Crippen LogP contribution in [0.15, 0.2) is 60.2 Å². The van der Waals surface area contributed by atoms with Gasteiger partial charge in [-0.2, -0.15) is 0 Å². The summed E-state index contributed by atoms with van der Waals surface area (Å²) >= 11 is 0. The Morgan fingerprint density at radius 3 is 2.04 bits per heavy atom. The van der Waals surface area contributed by atoms with Crippen LogP contribution in [0.1, 0.15) is 72.8 Å². The maximum Gasteiger partial charge on any atom is 0.0314 e. The highest BCUT2D eigenvalue weighted by atomic mass is 14.5. The van der Waals surface area contributed by atoms with Crippen molar-refractivity contribution in [2.45, 2.75) is 73.6 Å². The van der Waals surface area contributed by atoms with Crippen molar-refractivity contribution >= 4 is 5.69 Å². The highest BCUT2D eigenvalue weighted by Crippen LogP contribution is 2.10. The molecule has 1 aromatic carbocycles. The van der Waals surface area contributed by atoms with E-state index in [4.69, 9.17) is 5.73 Å². The summed E-state index contributed by atoms with van der Waals surface area (Å²) < 4.78 is 0. The normalized spacial score (nSPS) is 10.5. The lowest BCUT2D eigenvalue weighted by Gasteiger charge is -2.01. The molecule has 24 heavy (non-hydrogen) atoms. The molecule has 2 N–H and O–H groups in total. The Balaban J connectivity index is 0. The summed E-state index contributed by atoms with van der Waals surface area (Å²) in [5, 5.41) is 0. The number of allylic oxidation sites excluding steroid dienone is 5. The highest BCUT2D eigenvalue weighted by Gasteiger charge is 1.92. The van der Waals surface area contributed by atoms with Gasteiger partial charge in [0.05, 0.1) is 0 Å². The molecular formula is C23H39N. The van der Waals surface area contributed by atoms with Crippen molar-refractivity contribution in [2.24, 2.45) is 0 Å². The predicted molar refractivity (Wildman–Crippen MR) is 113 cm³/mol. The van der Waals surface area contributed by atoms with Crippen LogP contribution in [0.25, 0.3) is 0 Å². The molecule has 0 aliphatic rings. The molecule has 0 spiro atoms. The summed E-state index contributed by atoms with van der Waals surface area (Å²) in [5.41, 5.74) is 10.2. The number of rotatable bonds is 7. The molecule has 1 rings (SSSR count). The van der Waals surface area contributed by atoms with Gasteiger partial charge in [0.15, 0.2) is 0 Å². The van der Waals surface area contributed by atoms with Crippen molar-refractivity contribution in [1.29, 1.82) is 0 Å². The lowest BCUT2D eigenvalue weighted by molar-refractivity contribution is 0.667. The SMILES string of the molecule is C=C(C)/C=C\C(C)=C/C.CC.CCCCCCc1ccc(N)cc1. The number of nitrogen functional groups attached to an aromatic ring is 1. The van der Waals surface area contributed by atoms with Crippen LogP contribution in [-0.2, 0) is 6.42 Å². The first-order valence-electron chi connectivity index (χ1n) is 9.30. The van der Waals surface area contributed by atoms with Crippen LogP contribution < -0.4 is 5.73 Å². The molecule has 136 valence electrons. The van der Waals surface area contributed by atoms with Crippen LogP contribution in [0.5, 0.6) is 0 Å². The first kappa shape index (κ1) is 24.5. The number of unbranched alkanes of at least 4 members (excludes halogenated alkanes) is 3. The minimum Gasteiger partial charge on any atom is -0.399 e. The third kappa shape index (κ3) is 16.6. The molecule has 0 amide bonds. The van der Waals surface area contributed by atoms with Gasteiger partial charge >= 0.3 is 0 Å². The van der Waals surface area contributed by atoms with E-state index in [0.717, 1.165) is 11.3 Å². The second-order valence-electron chi connectivity index (χ2n) is 5.76. The number of anilines is 1. The van der Waals surface area contributed by atoms with E-state index >= 15 is 0 Å². The minimum absolute atomic E-state index is 0.859. The molecule has 1 nitrogen and oxygen atoms in total. The van der Waals surface area contributed by atoms with Crippen molar-refractivity contribution in [2.75, 3.05) is 5.73 Å². The summed E-state index contributed by atoms with van der Waals surface area (Å²) in [6, 6.07) is 8.22. The third-order valence-corrected chi connectivity index (χ3v) is 3.38. The van der Waals surface area contributed by atoms with E-state index in [1.807, 2.05) is 45.9 Å². The molecule has 0 unspecified atom stereocenters. The lowest BCUT2D eigenvalue weighted by atomic mass is 10.1. The maximum atomic E-state index is 5.60. The Kier molecular flexibility index (Phi) is 18.0. The molecule has 0 fully saturated rings. The van der Waals surface area contributed by atoms with Gasteiger partial charge in [-0.05, 0) is 51.3 Å². The van der Waals surface area contributed by atoms with Gasteiger partial charge in [-0.3, -0.25) is 0 Å². The topological polar surface area (TPSA) is 26.0 Å². The molecule has 0 atom stereocenters. The van der Waals surface area contributed by atoms with Gasteiger partial charge in [-0.25, -0.2) is 0 Å². The van der Waals surface area contributed by atoms with E-state index in [9.17, 15) is 0 Å². The van der Waals surface area contributed by atoms with Gasteiger partial charge in [0.25, 0.3) is 0 Å². The fraction of sp³-hybridized carbons (Fsp3) is 0.478. The average molecular weight is 330 g/mol. The predicted octanol–water partition coefficient (Wildman–Crippen LogP) is 7.50. The van der Waals surface area contributed by atoms with E-state index in [2.05, 4.69) is 44.7 Å². The van der Waals surface area contributed by atoms with Crippen LogP contribution in [0.2, 0.25) is 0 Å². The first-order chi connectivity index (χ1) is 11.5. The fourth-order valence-electron chi connectivity index (χ4n) is 1.81. The summed E-state index contributed by atoms with van der Waals surface area (Å²) in [4.78, 5) is 0. The molecule has 1 aromatic rings. The monoisotopic (exact) mass is 329 g/mol. The first-order valence-corrected chi connectivity index (χ1v) is 9.30. The van der Waals surface area contributed by atoms with Gasteiger partial charge in [0.2, 0.25) is 0 Å². The summed E-state index contributed by atoms with van der Waals surface area (Å²) in [5.74, 6) is 0. The molecule has 0 heterocycles. The Labute approximate surface area is 151 Å². The van der Waals surface area contributed by atoms with Crippen molar-refractivity contribution in [3.05, 3.63) is 65.8 Å². The third-order valence-electron chi connectivity index (χ3n) is 3.38. The number of nitrogens with two attached hydrogens (primary N) is 1. The smallest absolute Gasteiger partial charge is 0.0314 e. The number of hydrogen-bond donors (Lipinski definition) is 1. The Morgan fingerprint density at radius 2 is 1.58 bits per heavy atom. The number of aryl methyl sites for hydroxylation is 1. The molecule has 0 bridgehead atoms. The average Bonchev–Trinajstić information content (AvgIpc) is 2.60. The van der Waals surface area contributed by atoms with Crippen LogP contribution in [0, 0.1) is 0 Å². The molecule has 0 saturated carbocycles. The van der Waals surface area contributed by atoms with E-state index < -0.39 is 0 Å². The molecule has 1 heteroatoms. The summed E-state index contributed by atoms with van der Waals surface area (Å²) in [6.07, 6.45) is 12.6. The van der Waals surface area contributed by atoms with Crippen molar-refractivity contribution in [3.63, 3.8) is 0 Å². The van der Waals surface area contributed by atoms with Crippen molar-refractivity contribution < 1.29 is 0 Å². The minimum atomic E-state index is 0.859. The van der Waals surface area contributed by atoms with Crippen LogP contribution in [0.4, 0.5) is 5.69 Å². The van der Waals surface area contributed by atoms with Crippen molar-refractivity contribution in [3.8, 4) is 0 Å². The zero-order valence-electron chi connectivity index (χ0n) is 16.9. The highest BCUT2D eigenvalue weighted by molar-refractivity contribution is 5.39. The molecular weight excluding hydrogens is 290 g/mol. The zero-order chi connectivity index (χ0) is 18.8. The quantitative estimate of drug-likeness (QED) is 0.313. The Hall–Kier alpha value is -1.76. The van der Waals surface area contributed by atoms with Gasteiger partial charge < -0.3 is 5.73 Å². The molecule has 0 aliphatic heterocycles. The fourth-order valence-corrected chi connectivity index (χ4v) is 1.81. The van der Waals surface area contributed by atoms with E-state index in [0.29, 0.717) is 0 Å². The second-order valence-corrected chi connectivity index (χ2v) is 5.76. The molecule has 0 aromatic heterocycles. The zero-order valence-corrected chi connectivity index (χ0v) is 16.9. The van der Waals surface area contributed by atoms with Gasteiger partial charge in [0, 0.05) is 5.69 Å². The van der Waals surface area contributed by atoms with Gasteiger partial charge in [-0.15, -0.1) is 0 Å². The number of benzene rings is 1. The Morgan fingerprint density at radius 1 is 1.00 bits per heavy atom. The van der Waals surface area contributed by atoms with E-state index in [1.54, 1.807) is 0 Å². The number of hydrogen-bond acceptors (Lipinski definition) is 1. The standard InChI is InChI=1S/C12H19N.C9H14.C2H6/c1-2-3-4-5-6-11-7-9-12(13)10-8-11;1-5-9(4)7-6-8(2)3;1-2/h7-10H,2-6,13H2,1H3;5-7H,2H2,1,3-4H3;1-2H3/b;7-6-,9-5-;. The molecule has 0 saturated heterocycles. The van der Waals surface area contributed by atoms with Crippen molar-refractivity contribution in [1.82, 2.24) is 0 Å². The van der Waals surface area contributed by atoms with Crippen LogP contribution >= 0.6 is 0 Å².